The van der Waals surface area contributed by atoms with Gasteiger partial charge in [0, 0.05) is 22.0 Å². The standard InChI is InChI=1S/C58H41N4/c1-6-19-39(20-7-1)42-33-34-48-50-37-52-49(47-31-16-17-32-51(47)58(52,44-26-12-4-13-27-44)45-28-14-5-15-29-45)38-54(50)62(53(48)36-42)46-30-18-25-43(35-46)57-60-55(40-21-8-2-9-22-40)59-56(61-57)41-23-10-3-11-24-41/h1-38,55-56H,(H,60,61)/q-1. The molecule has 12 rings (SSSR count). The molecule has 0 spiro atoms. The van der Waals surface area contributed by atoms with Gasteiger partial charge in [0.15, 0.2) is 0 Å². The van der Waals surface area contributed by atoms with Crippen molar-refractivity contribution in [2.24, 2.45) is 4.99 Å². The molecule has 0 saturated carbocycles. The van der Waals surface area contributed by atoms with Gasteiger partial charge in [0.1, 0.15) is 5.84 Å². The number of rotatable bonds is 7. The molecule has 62 heavy (non-hydrogen) atoms. The van der Waals surface area contributed by atoms with E-state index >= 15 is 0 Å². The predicted molar refractivity (Wildman–Crippen MR) is 255 cm³/mol. The fourth-order valence-electron chi connectivity index (χ4n) is 10.1. The minimum atomic E-state index is -0.499. The van der Waals surface area contributed by atoms with E-state index in [0.717, 1.165) is 39.2 Å². The number of benzene rings is 9. The molecule has 2 unspecified atom stereocenters. The number of hydrogen-bond donors (Lipinski definition) is 1. The molecule has 0 bridgehead atoms. The van der Waals surface area contributed by atoms with E-state index in [9.17, 15) is 0 Å². The van der Waals surface area contributed by atoms with Crippen LogP contribution in [0.3, 0.4) is 0 Å². The van der Waals surface area contributed by atoms with Gasteiger partial charge in [0.2, 0.25) is 0 Å². The number of aliphatic imine (C=N–C) groups is 1. The van der Waals surface area contributed by atoms with Gasteiger partial charge in [-0.15, -0.1) is 0 Å². The molecule has 4 heteroatoms. The van der Waals surface area contributed by atoms with Crippen LogP contribution in [0.1, 0.15) is 51.3 Å². The highest BCUT2D eigenvalue weighted by Crippen LogP contribution is 2.57. The van der Waals surface area contributed by atoms with Crippen molar-refractivity contribution in [2.75, 3.05) is 0 Å². The molecular weight excluding hydrogens is 753 g/mol. The smallest absolute Gasteiger partial charge is 0.126 e. The third-order valence-electron chi connectivity index (χ3n) is 12.9. The first kappa shape index (κ1) is 36.1. The SMILES string of the molecule is c1ccc(-c2ccc3c4cc5c(cc4n(-c4cccc(C6=NC(c7ccccc7)[N-]C(c7ccccc7)N6)c4)c3c2)-c2ccccc2C5(c2ccccc2)c2ccccc2)cc1. The summed E-state index contributed by atoms with van der Waals surface area (Å²) in [5.74, 6) is 0.820. The van der Waals surface area contributed by atoms with Gasteiger partial charge in [-0.1, -0.05) is 200 Å². The first-order valence-corrected chi connectivity index (χ1v) is 21.4. The van der Waals surface area contributed by atoms with Gasteiger partial charge in [0.25, 0.3) is 0 Å². The molecule has 2 heterocycles. The second kappa shape index (κ2) is 14.7. The largest absolute Gasteiger partial charge is 0.613 e. The van der Waals surface area contributed by atoms with Crippen LogP contribution in [0.25, 0.3) is 55.1 Å². The fourth-order valence-corrected chi connectivity index (χ4v) is 10.1. The Morgan fingerprint density at radius 3 is 1.74 bits per heavy atom. The number of fused-ring (bicyclic) bond motifs is 6. The second-order valence-electron chi connectivity index (χ2n) is 16.3. The number of hydrogen-bond acceptors (Lipinski definition) is 2. The Hall–Kier alpha value is -7.79. The molecule has 9 aromatic carbocycles. The van der Waals surface area contributed by atoms with Gasteiger partial charge < -0.3 is 15.2 Å². The van der Waals surface area contributed by atoms with E-state index in [-0.39, 0.29) is 12.3 Å². The highest BCUT2D eigenvalue weighted by atomic mass is 15.3. The molecule has 0 radical (unpaired) electrons. The minimum absolute atomic E-state index is 0.253. The maximum absolute atomic E-state index is 5.27. The molecular formula is C58H41N4-. The maximum atomic E-state index is 5.27. The van der Waals surface area contributed by atoms with Crippen molar-refractivity contribution in [1.82, 2.24) is 9.88 Å². The van der Waals surface area contributed by atoms with Crippen LogP contribution >= 0.6 is 0 Å². The molecule has 1 aromatic heterocycles. The van der Waals surface area contributed by atoms with Crippen LogP contribution in [0.2, 0.25) is 0 Å². The van der Waals surface area contributed by atoms with Crippen LogP contribution in [-0.4, -0.2) is 10.4 Å². The van der Waals surface area contributed by atoms with Gasteiger partial charge in [-0.05, 0) is 98.3 Å². The summed E-state index contributed by atoms with van der Waals surface area (Å²) in [5.41, 5.74) is 16.0. The molecule has 0 fully saturated rings. The average Bonchev–Trinajstić information content (AvgIpc) is 3.84. The Morgan fingerprint density at radius 1 is 0.435 bits per heavy atom. The lowest BCUT2D eigenvalue weighted by atomic mass is 9.67. The molecule has 1 N–H and O–H groups in total. The summed E-state index contributed by atoms with van der Waals surface area (Å²) in [6.45, 7) is 0. The molecule has 1 aliphatic heterocycles. The summed E-state index contributed by atoms with van der Waals surface area (Å²) in [7, 11) is 0. The molecule has 294 valence electrons. The number of amidine groups is 1. The summed E-state index contributed by atoms with van der Waals surface area (Å²) in [5, 5.41) is 11.3. The topological polar surface area (TPSA) is 43.4 Å². The van der Waals surface area contributed by atoms with Gasteiger partial charge in [-0.25, -0.2) is 0 Å². The third kappa shape index (κ3) is 5.76. The van der Waals surface area contributed by atoms with Crippen LogP contribution in [-0.2, 0) is 5.41 Å². The fraction of sp³-hybridized carbons (Fsp3) is 0.0517. The zero-order valence-electron chi connectivity index (χ0n) is 33.9. The first-order chi connectivity index (χ1) is 30.7. The predicted octanol–water partition coefficient (Wildman–Crippen LogP) is 13.9. The van der Waals surface area contributed by atoms with Gasteiger partial charge in [0.05, 0.1) is 16.4 Å². The molecule has 0 amide bonds. The van der Waals surface area contributed by atoms with Crippen LogP contribution in [0.5, 0.6) is 0 Å². The zero-order chi connectivity index (χ0) is 41.0. The Bertz CT molecular complexity index is 3240. The Balaban J connectivity index is 1.11. The monoisotopic (exact) mass is 793 g/mol. The number of aromatic nitrogens is 1. The molecule has 10 aromatic rings. The van der Waals surface area contributed by atoms with Gasteiger partial charge >= 0.3 is 0 Å². The summed E-state index contributed by atoms with van der Waals surface area (Å²) < 4.78 is 2.46. The van der Waals surface area contributed by atoms with E-state index in [1.165, 1.54) is 55.3 Å². The van der Waals surface area contributed by atoms with E-state index in [1.807, 2.05) is 12.1 Å². The van der Waals surface area contributed by atoms with Crippen molar-refractivity contribution in [3.8, 4) is 27.9 Å². The molecule has 4 nitrogen and oxygen atoms in total. The Kier molecular flexibility index (Phi) is 8.58. The van der Waals surface area contributed by atoms with Crippen LogP contribution in [0.15, 0.2) is 236 Å². The number of nitrogens with zero attached hydrogens (tertiary/aromatic N) is 3. The second-order valence-corrected chi connectivity index (χ2v) is 16.3. The number of nitrogens with one attached hydrogen (secondary N) is 1. The summed E-state index contributed by atoms with van der Waals surface area (Å²) in [6, 6.07) is 83.4. The average molecular weight is 794 g/mol. The quantitative estimate of drug-likeness (QED) is 0.172. The van der Waals surface area contributed by atoms with E-state index in [1.54, 1.807) is 0 Å². The van der Waals surface area contributed by atoms with Crippen molar-refractivity contribution in [3.05, 3.63) is 275 Å². The van der Waals surface area contributed by atoms with E-state index < -0.39 is 5.41 Å². The van der Waals surface area contributed by atoms with Crippen LogP contribution in [0.4, 0.5) is 0 Å². The van der Waals surface area contributed by atoms with Crippen molar-refractivity contribution < 1.29 is 0 Å². The summed E-state index contributed by atoms with van der Waals surface area (Å²) in [6.07, 6.45) is -0.600. The summed E-state index contributed by atoms with van der Waals surface area (Å²) in [4.78, 5) is 5.27. The zero-order valence-corrected chi connectivity index (χ0v) is 33.9. The van der Waals surface area contributed by atoms with Crippen molar-refractivity contribution in [2.45, 2.75) is 17.7 Å². The van der Waals surface area contributed by atoms with E-state index in [0.29, 0.717) is 0 Å². The van der Waals surface area contributed by atoms with E-state index in [2.05, 4.69) is 228 Å². The first-order valence-electron chi connectivity index (χ1n) is 21.4. The molecule has 1 aliphatic carbocycles. The van der Waals surface area contributed by atoms with Gasteiger partial charge in [-0.2, -0.15) is 0 Å². The maximum Gasteiger partial charge on any atom is 0.126 e. The van der Waals surface area contributed by atoms with Crippen molar-refractivity contribution in [3.63, 3.8) is 0 Å². The van der Waals surface area contributed by atoms with Crippen LogP contribution in [0, 0.1) is 0 Å². The summed E-state index contributed by atoms with van der Waals surface area (Å²) >= 11 is 0. The lowest BCUT2D eigenvalue weighted by Crippen LogP contribution is -2.34. The Morgan fingerprint density at radius 2 is 1.03 bits per heavy atom. The molecule has 2 aliphatic rings. The molecule has 0 saturated heterocycles. The lowest BCUT2D eigenvalue weighted by Gasteiger charge is -2.44. The van der Waals surface area contributed by atoms with Gasteiger partial charge in [-0.3, -0.25) is 4.99 Å². The van der Waals surface area contributed by atoms with Crippen molar-refractivity contribution >= 4 is 27.6 Å². The Labute approximate surface area is 361 Å². The minimum Gasteiger partial charge on any atom is -0.613 e. The highest BCUT2D eigenvalue weighted by Gasteiger charge is 2.46. The van der Waals surface area contributed by atoms with E-state index in [4.69, 9.17) is 10.3 Å². The lowest BCUT2D eigenvalue weighted by molar-refractivity contribution is 0.631. The molecule has 2 atom stereocenters. The van der Waals surface area contributed by atoms with Crippen molar-refractivity contribution in [1.29, 1.82) is 0 Å². The third-order valence-corrected chi connectivity index (χ3v) is 12.9. The highest BCUT2D eigenvalue weighted by molar-refractivity contribution is 6.13. The normalized spacial score (nSPS) is 16.4. The van der Waals surface area contributed by atoms with Crippen LogP contribution < -0.4 is 5.32 Å².